The van der Waals surface area contributed by atoms with E-state index < -0.39 is 12.1 Å². The second kappa shape index (κ2) is 7.71. The van der Waals surface area contributed by atoms with Gasteiger partial charge in [0.25, 0.3) is 0 Å². The van der Waals surface area contributed by atoms with Crippen LogP contribution in [0.1, 0.15) is 36.3 Å². The molecule has 0 spiro atoms. The van der Waals surface area contributed by atoms with Crippen LogP contribution >= 0.6 is 0 Å². The van der Waals surface area contributed by atoms with Crippen LogP contribution in [0.3, 0.4) is 0 Å². The van der Waals surface area contributed by atoms with Crippen LogP contribution < -0.4 is 5.32 Å². The number of hydrogen-bond donors (Lipinski definition) is 1. The molecular formula is C17H21FN4O3. The molecule has 1 aromatic carbocycles. The number of ether oxygens (including phenoxy) is 1. The van der Waals surface area contributed by atoms with Gasteiger partial charge < -0.3 is 14.6 Å². The zero-order valence-electron chi connectivity index (χ0n) is 14.2. The summed E-state index contributed by atoms with van der Waals surface area (Å²) in [6.45, 7) is 5.75. The third-order valence-electron chi connectivity index (χ3n) is 4.11. The van der Waals surface area contributed by atoms with Gasteiger partial charge in [-0.05, 0) is 24.6 Å². The number of nitrogens with one attached hydrogen (secondary N) is 1. The summed E-state index contributed by atoms with van der Waals surface area (Å²) in [7, 11) is 0. The Labute approximate surface area is 145 Å². The van der Waals surface area contributed by atoms with E-state index in [4.69, 9.17) is 9.26 Å². The lowest BCUT2D eigenvalue weighted by Gasteiger charge is -2.34. The van der Waals surface area contributed by atoms with E-state index in [0.717, 1.165) is 0 Å². The molecule has 1 aliphatic rings. The van der Waals surface area contributed by atoms with Crippen LogP contribution in [0.25, 0.3) is 0 Å². The van der Waals surface area contributed by atoms with E-state index >= 15 is 0 Å². The first kappa shape index (κ1) is 17.5. The smallest absolute Gasteiger partial charge is 0.242 e. The predicted octanol–water partition coefficient (Wildman–Crippen LogP) is 1.77. The minimum Gasteiger partial charge on any atom is -0.379 e. The molecular weight excluding hydrogens is 327 g/mol. The van der Waals surface area contributed by atoms with Crippen LogP contribution in [0.2, 0.25) is 0 Å². The molecule has 134 valence electrons. The van der Waals surface area contributed by atoms with Crippen LogP contribution in [-0.2, 0) is 9.53 Å². The average Bonchev–Trinajstić information content (AvgIpc) is 3.03. The van der Waals surface area contributed by atoms with Crippen molar-refractivity contribution < 1.29 is 18.4 Å². The summed E-state index contributed by atoms with van der Waals surface area (Å²) < 4.78 is 24.0. The third kappa shape index (κ3) is 4.21. The summed E-state index contributed by atoms with van der Waals surface area (Å²) in [4.78, 5) is 19.1. The number of amides is 1. The lowest BCUT2D eigenvalue weighted by molar-refractivity contribution is -0.129. The topological polar surface area (TPSA) is 80.5 Å². The number of halogens is 1. The van der Waals surface area contributed by atoms with Crippen molar-refractivity contribution in [3.63, 3.8) is 0 Å². The Hall–Kier alpha value is -2.32. The summed E-state index contributed by atoms with van der Waals surface area (Å²) in [6, 6.07) is 5.10. The molecule has 1 aromatic heterocycles. The standard InChI is InChI=1S/C17H21FN4O3/c1-11(16-20-12(2)25-21-16)19-17(23)15(22-6-8-24-9-7-22)13-4-3-5-14(18)10-13/h3-5,10-11,15H,6-9H2,1-2H3,(H,19,23)/t11-,15-/m1/s1. The number of hydrogen-bond acceptors (Lipinski definition) is 6. The SMILES string of the molecule is Cc1nc([C@@H](C)NC(=O)[C@@H](c2cccc(F)c2)N2CCOCC2)no1. The fourth-order valence-electron chi connectivity index (χ4n) is 2.89. The first-order valence-electron chi connectivity index (χ1n) is 8.22. The molecule has 2 heterocycles. The quantitative estimate of drug-likeness (QED) is 0.887. The maximum Gasteiger partial charge on any atom is 0.242 e. The Morgan fingerprint density at radius 3 is 2.76 bits per heavy atom. The monoisotopic (exact) mass is 348 g/mol. The minimum absolute atomic E-state index is 0.234. The van der Waals surface area contributed by atoms with Crippen LogP contribution in [0.15, 0.2) is 28.8 Å². The number of rotatable bonds is 5. The summed E-state index contributed by atoms with van der Waals surface area (Å²) in [5, 5.41) is 6.73. The van der Waals surface area contributed by atoms with Crippen molar-refractivity contribution in [2.24, 2.45) is 0 Å². The van der Waals surface area contributed by atoms with Gasteiger partial charge in [-0.15, -0.1) is 0 Å². The van der Waals surface area contributed by atoms with E-state index in [2.05, 4.69) is 15.5 Å². The number of morpholine rings is 1. The highest BCUT2D eigenvalue weighted by molar-refractivity contribution is 5.83. The molecule has 0 bridgehead atoms. The van der Waals surface area contributed by atoms with Crippen molar-refractivity contribution in [3.05, 3.63) is 47.4 Å². The van der Waals surface area contributed by atoms with Gasteiger partial charge in [0, 0.05) is 20.0 Å². The molecule has 1 aliphatic heterocycles. The molecule has 2 atom stereocenters. The van der Waals surface area contributed by atoms with E-state index in [1.54, 1.807) is 26.0 Å². The lowest BCUT2D eigenvalue weighted by atomic mass is 10.0. The van der Waals surface area contributed by atoms with Gasteiger partial charge in [0.1, 0.15) is 11.9 Å². The minimum atomic E-state index is -0.602. The number of carbonyl (C=O) groups is 1. The van der Waals surface area contributed by atoms with Gasteiger partial charge in [-0.2, -0.15) is 4.98 Å². The summed E-state index contributed by atoms with van der Waals surface area (Å²) in [5.74, 6) is 0.240. The second-order valence-electron chi connectivity index (χ2n) is 6.01. The van der Waals surface area contributed by atoms with Gasteiger partial charge in [-0.1, -0.05) is 17.3 Å². The highest BCUT2D eigenvalue weighted by Crippen LogP contribution is 2.24. The van der Waals surface area contributed by atoms with Crippen molar-refractivity contribution >= 4 is 5.91 Å². The molecule has 2 aromatic rings. The van der Waals surface area contributed by atoms with Crippen molar-refractivity contribution in [3.8, 4) is 0 Å². The lowest BCUT2D eigenvalue weighted by Crippen LogP contribution is -2.46. The van der Waals surface area contributed by atoms with Crippen LogP contribution in [-0.4, -0.2) is 47.3 Å². The first-order valence-corrected chi connectivity index (χ1v) is 8.22. The van der Waals surface area contributed by atoms with Gasteiger partial charge in [0.05, 0.1) is 19.3 Å². The molecule has 0 aliphatic carbocycles. The molecule has 1 saturated heterocycles. The van der Waals surface area contributed by atoms with E-state index in [1.165, 1.54) is 12.1 Å². The van der Waals surface area contributed by atoms with Gasteiger partial charge in [0.15, 0.2) is 5.82 Å². The van der Waals surface area contributed by atoms with Crippen molar-refractivity contribution in [1.29, 1.82) is 0 Å². The van der Waals surface area contributed by atoms with Crippen LogP contribution in [0.4, 0.5) is 4.39 Å². The fraction of sp³-hybridized carbons (Fsp3) is 0.471. The fourth-order valence-corrected chi connectivity index (χ4v) is 2.89. The zero-order chi connectivity index (χ0) is 17.8. The Kier molecular flexibility index (Phi) is 5.40. The van der Waals surface area contributed by atoms with Gasteiger partial charge >= 0.3 is 0 Å². The largest absolute Gasteiger partial charge is 0.379 e. The molecule has 1 N–H and O–H groups in total. The molecule has 1 fully saturated rings. The Morgan fingerprint density at radius 1 is 1.36 bits per heavy atom. The van der Waals surface area contributed by atoms with Crippen LogP contribution in [0.5, 0.6) is 0 Å². The zero-order valence-corrected chi connectivity index (χ0v) is 14.2. The number of aromatic nitrogens is 2. The predicted molar refractivity (Wildman–Crippen MR) is 87.1 cm³/mol. The second-order valence-corrected chi connectivity index (χ2v) is 6.01. The van der Waals surface area contributed by atoms with Gasteiger partial charge in [-0.25, -0.2) is 4.39 Å². The summed E-state index contributed by atoms with van der Waals surface area (Å²) >= 11 is 0. The average molecular weight is 348 g/mol. The van der Waals surface area contributed by atoms with Gasteiger partial charge in [-0.3, -0.25) is 9.69 Å². The molecule has 7 nitrogen and oxygen atoms in total. The normalized spacial score (nSPS) is 17.9. The number of carbonyl (C=O) groups excluding carboxylic acids is 1. The highest BCUT2D eigenvalue weighted by Gasteiger charge is 2.30. The number of benzene rings is 1. The van der Waals surface area contributed by atoms with Crippen molar-refractivity contribution in [1.82, 2.24) is 20.4 Å². The molecule has 8 heteroatoms. The first-order chi connectivity index (χ1) is 12.0. The molecule has 1 amide bonds. The molecule has 0 unspecified atom stereocenters. The maximum atomic E-state index is 13.7. The van der Waals surface area contributed by atoms with E-state index in [0.29, 0.717) is 43.6 Å². The highest BCUT2D eigenvalue weighted by atomic mass is 19.1. The van der Waals surface area contributed by atoms with Crippen molar-refractivity contribution in [2.75, 3.05) is 26.3 Å². The van der Waals surface area contributed by atoms with E-state index in [9.17, 15) is 9.18 Å². The molecule has 3 rings (SSSR count). The molecule has 0 radical (unpaired) electrons. The summed E-state index contributed by atoms with van der Waals surface area (Å²) in [6.07, 6.45) is 0. The Bertz CT molecular complexity index is 730. The molecule has 25 heavy (non-hydrogen) atoms. The number of nitrogens with zero attached hydrogens (tertiary/aromatic N) is 3. The van der Waals surface area contributed by atoms with E-state index in [1.807, 2.05) is 4.90 Å². The van der Waals surface area contributed by atoms with Crippen LogP contribution in [0, 0.1) is 12.7 Å². The molecule has 0 saturated carbocycles. The number of aryl methyl sites for hydroxylation is 1. The Balaban J connectivity index is 1.81. The van der Waals surface area contributed by atoms with E-state index in [-0.39, 0.29) is 11.7 Å². The summed E-state index contributed by atoms with van der Waals surface area (Å²) in [5.41, 5.74) is 0.607. The Morgan fingerprint density at radius 2 is 2.12 bits per heavy atom. The van der Waals surface area contributed by atoms with Gasteiger partial charge in [0.2, 0.25) is 11.8 Å². The maximum absolute atomic E-state index is 13.7. The third-order valence-corrected chi connectivity index (χ3v) is 4.11. The van der Waals surface area contributed by atoms with Crippen molar-refractivity contribution in [2.45, 2.75) is 25.9 Å².